The van der Waals surface area contributed by atoms with Crippen molar-refractivity contribution in [3.63, 3.8) is 0 Å². The van der Waals surface area contributed by atoms with Crippen LogP contribution in [0.15, 0.2) is 0 Å². The van der Waals surface area contributed by atoms with Gasteiger partial charge in [-0.2, -0.15) is 0 Å². The van der Waals surface area contributed by atoms with E-state index in [2.05, 4.69) is 24.5 Å². The van der Waals surface area contributed by atoms with Crippen molar-refractivity contribution in [2.45, 2.75) is 25.4 Å². The fourth-order valence-corrected chi connectivity index (χ4v) is 1.30. The topological polar surface area (TPSA) is 44.3 Å². The van der Waals surface area contributed by atoms with Crippen LogP contribution < -0.4 is 10.6 Å². The Balaban J connectivity index is 2.33. The molecular weight excluding hydrogens is 128 g/mol. The van der Waals surface area contributed by atoms with Crippen molar-refractivity contribution in [3.8, 4) is 0 Å². The first-order valence-electron chi connectivity index (χ1n) is 3.78. The van der Waals surface area contributed by atoms with E-state index < -0.39 is 0 Å². The third kappa shape index (κ3) is 1.48. The van der Waals surface area contributed by atoms with Crippen LogP contribution in [0.4, 0.5) is 0 Å². The summed E-state index contributed by atoms with van der Waals surface area (Å²) in [6.45, 7) is 6.20. The number of nitrogens with one attached hydrogen (secondary N) is 2. The van der Waals surface area contributed by atoms with Gasteiger partial charge in [0.2, 0.25) is 0 Å². The highest BCUT2D eigenvalue weighted by Gasteiger charge is 2.36. The molecule has 3 N–H and O–H groups in total. The lowest BCUT2D eigenvalue weighted by Crippen LogP contribution is -2.71. The Morgan fingerprint density at radius 3 is 2.30 bits per heavy atom. The lowest BCUT2D eigenvalue weighted by Gasteiger charge is -2.43. The highest BCUT2D eigenvalue weighted by atomic mass is 16.3. The summed E-state index contributed by atoms with van der Waals surface area (Å²) in [5, 5.41) is 15.4. The SMILES string of the molecule is CC(C)NC1(CO)CNC1. The molecule has 60 valence electrons. The highest BCUT2D eigenvalue weighted by molar-refractivity contribution is 5.00. The van der Waals surface area contributed by atoms with Gasteiger partial charge in [0.25, 0.3) is 0 Å². The predicted octanol–water partition coefficient (Wildman–Crippen LogP) is -0.681. The fraction of sp³-hybridized carbons (Fsp3) is 1.00. The van der Waals surface area contributed by atoms with Gasteiger partial charge in [0.1, 0.15) is 0 Å². The van der Waals surface area contributed by atoms with Crippen molar-refractivity contribution in [1.29, 1.82) is 0 Å². The molecule has 1 rings (SSSR count). The van der Waals surface area contributed by atoms with Crippen molar-refractivity contribution in [1.82, 2.24) is 10.6 Å². The molecule has 3 nitrogen and oxygen atoms in total. The molecule has 0 aliphatic carbocycles. The Morgan fingerprint density at radius 1 is 1.60 bits per heavy atom. The molecule has 1 saturated heterocycles. The maximum Gasteiger partial charge on any atom is 0.0668 e. The van der Waals surface area contributed by atoms with E-state index in [1.54, 1.807) is 0 Å². The van der Waals surface area contributed by atoms with Gasteiger partial charge in [-0.05, 0) is 0 Å². The zero-order valence-electron chi connectivity index (χ0n) is 6.65. The zero-order chi connectivity index (χ0) is 7.61. The summed E-state index contributed by atoms with van der Waals surface area (Å²) in [5.41, 5.74) is -0.0197. The Hall–Kier alpha value is -0.120. The second-order valence-electron chi connectivity index (χ2n) is 3.34. The molecule has 0 amide bonds. The summed E-state index contributed by atoms with van der Waals surface area (Å²) >= 11 is 0. The first-order valence-corrected chi connectivity index (χ1v) is 3.78. The maximum atomic E-state index is 8.98. The monoisotopic (exact) mass is 144 g/mol. The molecule has 0 aromatic rings. The summed E-state index contributed by atoms with van der Waals surface area (Å²) in [5.74, 6) is 0. The molecule has 10 heavy (non-hydrogen) atoms. The molecule has 0 atom stereocenters. The minimum Gasteiger partial charge on any atom is -0.394 e. The standard InChI is InChI=1S/C7H16N2O/c1-6(2)9-7(5-10)3-8-4-7/h6,8-10H,3-5H2,1-2H3. The van der Waals surface area contributed by atoms with Crippen LogP contribution in [0.5, 0.6) is 0 Å². The van der Waals surface area contributed by atoms with Crippen LogP contribution in [0.1, 0.15) is 13.8 Å². The minimum absolute atomic E-state index is 0.0197. The third-order valence-corrected chi connectivity index (χ3v) is 1.82. The van der Waals surface area contributed by atoms with E-state index in [1.807, 2.05) is 0 Å². The Labute approximate surface area is 61.8 Å². The molecule has 0 unspecified atom stereocenters. The number of rotatable bonds is 3. The van der Waals surface area contributed by atoms with Gasteiger partial charge < -0.3 is 15.7 Å². The van der Waals surface area contributed by atoms with E-state index in [1.165, 1.54) is 0 Å². The van der Waals surface area contributed by atoms with Crippen LogP contribution in [0.25, 0.3) is 0 Å². The molecule has 0 saturated carbocycles. The van der Waals surface area contributed by atoms with Gasteiger partial charge in [-0.25, -0.2) is 0 Å². The molecular formula is C7H16N2O. The molecule has 0 aromatic heterocycles. The molecule has 0 spiro atoms. The van der Waals surface area contributed by atoms with Crippen molar-refractivity contribution >= 4 is 0 Å². The van der Waals surface area contributed by atoms with Gasteiger partial charge >= 0.3 is 0 Å². The largest absolute Gasteiger partial charge is 0.394 e. The smallest absolute Gasteiger partial charge is 0.0668 e. The summed E-state index contributed by atoms with van der Waals surface area (Å²) in [6.07, 6.45) is 0. The van der Waals surface area contributed by atoms with E-state index in [4.69, 9.17) is 5.11 Å². The summed E-state index contributed by atoms with van der Waals surface area (Å²) in [4.78, 5) is 0. The predicted molar refractivity (Wildman–Crippen MR) is 41.0 cm³/mol. The average Bonchev–Trinajstić information content (AvgIpc) is 1.78. The lowest BCUT2D eigenvalue weighted by atomic mass is 9.93. The van der Waals surface area contributed by atoms with Crippen molar-refractivity contribution < 1.29 is 5.11 Å². The molecule has 0 radical (unpaired) electrons. The van der Waals surface area contributed by atoms with Gasteiger partial charge in [0.15, 0.2) is 0 Å². The first kappa shape index (κ1) is 7.98. The first-order chi connectivity index (χ1) is 4.68. The van der Waals surface area contributed by atoms with Crippen molar-refractivity contribution in [2.24, 2.45) is 0 Å². The number of hydrogen-bond donors (Lipinski definition) is 3. The van der Waals surface area contributed by atoms with Gasteiger partial charge in [-0.1, -0.05) is 13.8 Å². The van der Waals surface area contributed by atoms with Gasteiger partial charge in [0, 0.05) is 19.1 Å². The van der Waals surface area contributed by atoms with E-state index in [0.717, 1.165) is 13.1 Å². The van der Waals surface area contributed by atoms with E-state index in [0.29, 0.717) is 6.04 Å². The van der Waals surface area contributed by atoms with Gasteiger partial charge in [-0.15, -0.1) is 0 Å². The van der Waals surface area contributed by atoms with E-state index in [-0.39, 0.29) is 12.1 Å². The normalized spacial score (nSPS) is 22.8. The second kappa shape index (κ2) is 2.86. The fourth-order valence-electron chi connectivity index (χ4n) is 1.30. The molecule has 1 aliphatic rings. The minimum atomic E-state index is -0.0197. The quantitative estimate of drug-likeness (QED) is 0.491. The molecule has 1 fully saturated rings. The zero-order valence-corrected chi connectivity index (χ0v) is 6.65. The molecule has 1 heterocycles. The lowest BCUT2D eigenvalue weighted by molar-refractivity contribution is 0.101. The molecule has 0 bridgehead atoms. The van der Waals surface area contributed by atoms with Crippen molar-refractivity contribution in [3.05, 3.63) is 0 Å². The van der Waals surface area contributed by atoms with Crippen molar-refractivity contribution in [2.75, 3.05) is 19.7 Å². The maximum absolute atomic E-state index is 8.98. The van der Waals surface area contributed by atoms with Gasteiger partial charge in [0.05, 0.1) is 12.1 Å². The summed E-state index contributed by atoms with van der Waals surface area (Å²) < 4.78 is 0. The Morgan fingerprint density at radius 2 is 2.20 bits per heavy atom. The van der Waals surface area contributed by atoms with Crippen LogP contribution in [0.2, 0.25) is 0 Å². The van der Waals surface area contributed by atoms with Gasteiger partial charge in [-0.3, -0.25) is 0 Å². The third-order valence-electron chi connectivity index (χ3n) is 1.82. The number of aliphatic hydroxyl groups is 1. The molecule has 0 aromatic carbocycles. The Kier molecular flexibility index (Phi) is 2.28. The second-order valence-corrected chi connectivity index (χ2v) is 3.34. The van der Waals surface area contributed by atoms with Crippen LogP contribution in [-0.4, -0.2) is 36.4 Å². The average molecular weight is 144 g/mol. The van der Waals surface area contributed by atoms with E-state index >= 15 is 0 Å². The molecule has 1 aliphatic heterocycles. The highest BCUT2D eigenvalue weighted by Crippen LogP contribution is 2.10. The summed E-state index contributed by atoms with van der Waals surface area (Å²) in [6, 6.07) is 0.453. The number of hydrogen-bond acceptors (Lipinski definition) is 3. The van der Waals surface area contributed by atoms with Crippen LogP contribution in [0.3, 0.4) is 0 Å². The van der Waals surface area contributed by atoms with Crippen LogP contribution in [0, 0.1) is 0 Å². The molecule has 3 heteroatoms. The van der Waals surface area contributed by atoms with Crippen LogP contribution in [-0.2, 0) is 0 Å². The Bertz CT molecular complexity index is 105. The van der Waals surface area contributed by atoms with E-state index in [9.17, 15) is 0 Å². The summed E-state index contributed by atoms with van der Waals surface area (Å²) in [7, 11) is 0. The number of aliphatic hydroxyl groups excluding tert-OH is 1. The van der Waals surface area contributed by atoms with Crippen LogP contribution >= 0.6 is 0 Å².